The third-order valence-electron chi connectivity index (χ3n) is 6.99. The van der Waals surface area contributed by atoms with Crippen molar-refractivity contribution in [1.29, 1.82) is 0 Å². The van der Waals surface area contributed by atoms with Gasteiger partial charge in [-0.15, -0.1) is 0 Å². The van der Waals surface area contributed by atoms with Crippen molar-refractivity contribution < 1.29 is 9.59 Å². The number of rotatable bonds is 8. The van der Waals surface area contributed by atoms with E-state index in [1.165, 1.54) is 6.42 Å². The average molecular weight is 493 g/mol. The Hall–Kier alpha value is -4.19. The zero-order valence-electron chi connectivity index (χ0n) is 20.8. The van der Waals surface area contributed by atoms with Crippen LogP contribution in [0.1, 0.15) is 59.8 Å². The van der Waals surface area contributed by atoms with Gasteiger partial charge >= 0.3 is 0 Å². The lowest BCUT2D eigenvalue weighted by molar-refractivity contribution is -0.127. The minimum atomic E-state index is -0.791. The second kappa shape index (κ2) is 11.7. The molecule has 1 saturated carbocycles. The first-order valence-electron chi connectivity index (χ1n) is 13.0. The number of carbonyl (C=O) groups excluding carboxylic acids is 2. The van der Waals surface area contributed by atoms with E-state index in [4.69, 9.17) is 0 Å². The molecule has 4 aromatic rings. The summed E-state index contributed by atoms with van der Waals surface area (Å²) in [4.78, 5) is 37.1. The van der Waals surface area contributed by atoms with E-state index < -0.39 is 6.04 Å². The van der Waals surface area contributed by atoms with Gasteiger partial charge in [-0.2, -0.15) is 0 Å². The van der Waals surface area contributed by atoms with Crippen molar-refractivity contribution in [2.24, 2.45) is 0 Å². The fourth-order valence-electron chi connectivity index (χ4n) is 5.07. The first kappa shape index (κ1) is 24.5. The van der Waals surface area contributed by atoms with E-state index in [0.717, 1.165) is 48.1 Å². The summed E-state index contributed by atoms with van der Waals surface area (Å²) in [6.07, 6.45) is 8.71. The highest BCUT2D eigenvalue weighted by molar-refractivity contribution is 5.97. The Morgan fingerprint density at radius 1 is 0.865 bits per heavy atom. The Bertz CT molecular complexity index is 1300. The molecule has 2 aromatic heterocycles. The lowest BCUT2D eigenvalue weighted by Crippen LogP contribution is -2.47. The molecule has 188 valence electrons. The first-order chi connectivity index (χ1) is 18.2. The van der Waals surface area contributed by atoms with Crippen LogP contribution in [0.5, 0.6) is 0 Å². The normalized spacial score (nSPS) is 14.6. The quantitative estimate of drug-likeness (QED) is 0.321. The largest absolute Gasteiger partial charge is 0.351 e. The van der Waals surface area contributed by atoms with E-state index in [2.05, 4.69) is 15.3 Å². The number of amides is 2. The van der Waals surface area contributed by atoms with Crippen LogP contribution in [-0.2, 0) is 11.3 Å². The summed E-state index contributed by atoms with van der Waals surface area (Å²) in [7, 11) is 0. The van der Waals surface area contributed by atoms with E-state index in [1.54, 1.807) is 23.4 Å². The lowest BCUT2D eigenvalue weighted by atomic mass is 9.94. The van der Waals surface area contributed by atoms with Crippen molar-refractivity contribution in [1.82, 2.24) is 20.2 Å². The molecule has 2 aromatic carbocycles. The number of aromatic amines is 1. The molecule has 6 nitrogen and oxygen atoms in total. The molecular weight excluding hydrogens is 460 g/mol. The Balaban J connectivity index is 1.51. The van der Waals surface area contributed by atoms with Crippen molar-refractivity contribution in [3.05, 3.63) is 114 Å². The van der Waals surface area contributed by atoms with E-state index in [0.29, 0.717) is 12.2 Å². The number of nitrogens with one attached hydrogen (secondary N) is 2. The summed E-state index contributed by atoms with van der Waals surface area (Å²) in [5.41, 5.74) is 3.99. The van der Waals surface area contributed by atoms with Crippen LogP contribution < -0.4 is 5.32 Å². The number of pyridine rings is 1. The number of hydrogen-bond donors (Lipinski definition) is 2. The van der Waals surface area contributed by atoms with Crippen molar-refractivity contribution in [3.8, 4) is 11.3 Å². The van der Waals surface area contributed by atoms with Crippen molar-refractivity contribution >= 4 is 11.8 Å². The topological polar surface area (TPSA) is 78.1 Å². The van der Waals surface area contributed by atoms with Gasteiger partial charge in [0.25, 0.3) is 5.91 Å². The third kappa shape index (κ3) is 5.97. The number of aromatic nitrogens is 2. The fourth-order valence-corrected chi connectivity index (χ4v) is 5.07. The molecule has 2 amide bonds. The van der Waals surface area contributed by atoms with Gasteiger partial charge in [0.2, 0.25) is 5.91 Å². The summed E-state index contributed by atoms with van der Waals surface area (Å²) in [6, 6.07) is 26.4. The molecule has 37 heavy (non-hydrogen) atoms. The van der Waals surface area contributed by atoms with Crippen molar-refractivity contribution in [2.75, 3.05) is 0 Å². The van der Waals surface area contributed by atoms with Gasteiger partial charge < -0.3 is 15.2 Å². The fraction of sp³-hybridized carbons (Fsp3) is 0.258. The molecule has 6 heteroatoms. The SMILES string of the molecule is O=C(NC1CCCCC1)[C@H](c1ccncc1)N(Cc1ccccc1)C(=O)c1ccc(-c2ccccc2)[nH]1. The van der Waals surface area contributed by atoms with Crippen LogP contribution in [0, 0.1) is 0 Å². The number of hydrogen-bond acceptors (Lipinski definition) is 3. The van der Waals surface area contributed by atoms with Crippen LogP contribution in [0.15, 0.2) is 97.3 Å². The lowest BCUT2D eigenvalue weighted by Gasteiger charge is -2.33. The second-order valence-electron chi connectivity index (χ2n) is 9.60. The van der Waals surface area contributed by atoms with E-state index in [1.807, 2.05) is 78.9 Å². The van der Waals surface area contributed by atoms with Gasteiger partial charge in [-0.25, -0.2) is 0 Å². The highest BCUT2D eigenvalue weighted by Gasteiger charge is 2.34. The highest BCUT2D eigenvalue weighted by Crippen LogP contribution is 2.28. The summed E-state index contributed by atoms with van der Waals surface area (Å²) in [5, 5.41) is 3.26. The summed E-state index contributed by atoms with van der Waals surface area (Å²) in [5.74, 6) is -0.385. The maximum atomic E-state index is 14.1. The van der Waals surface area contributed by atoms with Crippen LogP contribution in [0.25, 0.3) is 11.3 Å². The smallest absolute Gasteiger partial charge is 0.271 e. The summed E-state index contributed by atoms with van der Waals surface area (Å²) >= 11 is 0. The highest BCUT2D eigenvalue weighted by atomic mass is 16.2. The van der Waals surface area contributed by atoms with Crippen LogP contribution in [0.3, 0.4) is 0 Å². The predicted octanol–water partition coefficient (Wildman–Crippen LogP) is 5.91. The van der Waals surface area contributed by atoms with Gasteiger partial charge in [-0.1, -0.05) is 79.9 Å². The molecule has 0 saturated heterocycles. The molecular formula is C31H32N4O2. The molecule has 2 heterocycles. The van der Waals surface area contributed by atoms with Gasteiger partial charge in [-0.05, 0) is 53.8 Å². The van der Waals surface area contributed by atoms with Gasteiger partial charge in [0.15, 0.2) is 0 Å². The molecule has 0 radical (unpaired) electrons. The monoisotopic (exact) mass is 492 g/mol. The summed E-state index contributed by atoms with van der Waals surface area (Å²) < 4.78 is 0. The third-order valence-corrected chi connectivity index (χ3v) is 6.99. The maximum Gasteiger partial charge on any atom is 0.271 e. The van der Waals surface area contributed by atoms with Gasteiger partial charge in [0.05, 0.1) is 0 Å². The average Bonchev–Trinajstić information content (AvgIpc) is 3.45. The Morgan fingerprint density at radius 3 is 2.24 bits per heavy atom. The molecule has 0 aliphatic heterocycles. The standard InChI is InChI=1S/C31H32N4O2/c36-30(33-26-14-8-3-9-15-26)29(25-18-20-32-21-19-25)35(22-23-10-4-1-5-11-23)31(37)28-17-16-27(34-28)24-12-6-2-7-13-24/h1-2,4-7,10-13,16-21,26,29,34H,3,8-9,14-15,22H2,(H,33,36)/t29-/m0/s1. The molecule has 1 fully saturated rings. The molecule has 0 bridgehead atoms. The van der Waals surface area contributed by atoms with Crippen LogP contribution in [0.4, 0.5) is 0 Å². The molecule has 0 unspecified atom stereocenters. The molecule has 0 spiro atoms. The second-order valence-corrected chi connectivity index (χ2v) is 9.60. The zero-order valence-corrected chi connectivity index (χ0v) is 20.8. The van der Waals surface area contributed by atoms with Crippen LogP contribution in [-0.4, -0.2) is 32.7 Å². The minimum absolute atomic E-state index is 0.134. The zero-order chi connectivity index (χ0) is 25.5. The number of carbonyl (C=O) groups is 2. The molecule has 1 atom stereocenters. The maximum absolute atomic E-state index is 14.1. The number of H-pyrrole nitrogens is 1. The van der Waals surface area contributed by atoms with Crippen LogP contribution in [0.2, 0.25) is 0 Å². The Labute approximate surface area is 217 Å². The molecule has 1 aliphatic carbocycles. The Kier molecular flexibility index (Phi) is 7.75. The van der Waals surface area contributed by atoms with Gasteiger partial charge in [0, 0.05) is 30.7 Å². The van der Waals surface area contributed by atoms with E-state index >= 15 is 0 Å². The Morgan fingerprint density at radius 2 is 1.54 bits per heavy atom. The van der Waals surface area contributed by atoms with Crippen molar-refractivity contribution in [3.63, 3.8) is 0 Å². The van der Waals surface area contributed by atoms with Crippen molar-refractivity contribution in [2.45, 2.75) is 50.7 Å². The van der Waals surface area contributed by atoms with Gasteiger partial charge in [0.1, 0.15) is 11.7 Å². The van der Waals surface area contributed by atoms with E-state index in [-0.39, 0.29) is 17.9 Å². The number of nitrogens with zero attached hydrogens (tertiary/aromatic N) is 2. The minimum Gasteiger partial charge on any atom is -0.351 e. The predicted molar refractivity (Wildman–Crippen MR) is 145 cm³/mol. The van der Waals surface area contributed by atoms with Crippen LogP contribution >= 0.6 is 0 Å². The summed E-state index contributed by atoms with van der Waals surface area (Å²) in [6.45, 7) is 0.296. The first-order valence-corrected chi connectivity index (χ1v) is 13.0. The number of benzene rings is 2. The molecule has 1 aliphatic rings. The van der Waals surface area contributed by atoms with E-state index in [9.17, 15) is 9.59 Å². The van der Waals surface area contributed by atoms with Gasteiger partial charge in [-0.3, -0.25) is 14.6 Å². The molecule has 5 rings (SSSR count). The molecule has 2 N–H and O–H groups in total.